The molecule has 0 spiro atoms. The average Bonchev–Trinajstić information content (AvgIpc) is 2.18. The summed E-state index contributed by atoms with van der Waals surface area (Å²) in [6, 6.07) is 4.47. The zero-order valence-corrected chi connectivity index (χ0v) is 9.33. The van der Waals surface area contributed by atoms with E-state index in [1.54, 1.807) is 6.07 Å². The van der Waals surface area contributed by atoms with Gasteiger partial charge in [0.1, 0.15) is 11.6 Å². The minimum atomic E-state index is -0.828. The Morgan fingerprint density at radius 3 is 2.79 bits per heavy atom. The Morgan fingerprint density at radius 1 is 1.64 bits per heavy atom. The molecule has 0 radical (unpaired) electrons. The van der Waals surface area contributed by atoms with E-state index in [-0.39, 0.29) is 11.1 Å². The first-order valence-corrected chi connectivity index (χ1v) is 4.66. The van der Waals surface area contributed by atoms with Gasteiger partial charge in [-0.2, -0.15) is 5.26 Å². The molecule has 3 nitrogen and oxygen atoms in total. The average molecular weight is 305 g/mol. The van der Waals surface area contributed by atoms with Gasteiger partial charge >= 0.3 is 5.97 Å². The summed E-state index contributed by atoms with van der Waals surface area (Å²) in [5.74, 6) is -1.60. The Balaban J connectivity index is 3.42. The van der Waals surface area contributed by atoms with Gasteiger partial charge in [0.2, 0.25) is 0 Å². The SMILES string of the molecule is COC(=O)c1c(I)ccc(C#N)c1F. The van der Waals surface area contributed by atoms with Crippen LogP contribution in [0.3, 0.4) is 0 Å². The highest BCUT2D eigenvalue weighted by molar-refractivity contribution is 14.1. The van der Waals surface area contributed by atoms with Crippen LogP contribution in [0.1, 0.15) is 15.9 Å². The molecule has 0 fully saturated rings. The van der Waals surface area contributed by atoms with Crippen molar-refractivity contribution in [2.45, 2.75) is 0 Å². The van der Waals surface area contributed by atoms with Crippen LogP contribution in [0.5, 0.6) is 0 Å². The summed E-state index contributed by atoms with van der Waals surface area (Å²) in [6.45, 7) is 0. The Kier molecular flexibility index (Phi) is 3.41. The number of carbonyl (C=O) groups is 1. The van der Waals surface area contributed by atoms with E-state index in [1.165, 1.54) is 12.1 Å². The van der Waals surface area contributed by atoms with E-state index in [1.807, 2.05) is 22.6 Å². The molecule has 72 valence electrons. The molecule has 0 aliphatic carbocycles. The van der Waals surface area contributed by atoms with Crippen molar-refractivity contribution >= 4 is 28.6 Å². The second-order valence-corrected chi connectivity index (χ2v) is 3.55. The lowest BCUT2D eigenvalue weighted by Gasteiger charge is -2.04. The largest absolute Gasteiger partial charge is 0.465 e. The van der Waals surface area contributed by atoms with E-state index < -0.39 is 11.8 Å². The third kappa shape index (κ3) is 1.85. The number of rotatable bonds is 1. The first-order chi connectivity index (χ1) is 6.61. The molecular formula is C9H5FINO2. The van der Waals surface area contributed by atoms with Crippen molar-refractivity contribution < 1.29 is 13.9 Å². The van der Waals surface area contributed by atoms with Crippen molar-refractivity contribution in [3.63, 3.8) is 0 Å². The van der Waals surface area contributed by atoms with Crippen LogP contribution >= 0.6 is 22.6 Å². The number of halogens is 2. The molecule has 14 heavy (non-hydrogen) atoms. The standard InChI is InChI=1S/C9H5FINO2/c1-14-9(13)7-6(11)3-2-5(4-12)8(7)10/h2-3H,1H3. The van der Waals surface area contributed by atoms with Crippen LogP contribution < -0.4 is 0 Å². The molecule has 0 unspecified atom stereocenters. The molecule has 0 amide bonds. The Morgan fingerprint density at radius 2 is 2.29 bits per heavy atom. The van der Waals surface area contributed by atoms with Crippen molar-refractivity contribution in [3.05, 3.63) is 32.6 Å². The van der Waals surface area contributed by atoms with Crippen molar-refractivity contribution in [2.24, 2.45) is 0 Å². The highest BCUT2D eigenvalue weighted by Crippen LogP contribution is 2.19. The lowest BCUT2D eigenvalue weighted by Crippen LogP contribution is -2.08. The summed E-state index contributed by atoms with van der Waals surface area (Å²) in [5.41, 5.74) is -0.349. The molecule has 0 heterocycles. The van der Waals surface area contributed by atoms with Gasteiger partial charge in [0, 0.05) is 3.57 Å². The molecule has 0 aliphatic heterocycles. The van der Waals surface area contributed by atoms with Crippen LogP contribution in [0.4, 0.5) is 4.39 Å². The van der Waals surface area contributed by atoms with Gasteiger partial charge in [-0.15, -0.1) is 0 Å². The molecule has 1 aromatic carbocycles. The zero-order chi connectivity index (χ0) is 10.7. The van der Waals surface area contributed by atoms with Gasteiger partial charge in [-0.25, -0.2) is 9.18 Å². The third-order valence-electron chi connectivity index (χ3n) is 1.60. The Bertz CT molecular complexity index is 426. The first kappa shape index (κ1) is 10.9. The van der Waals surface area contributed by atoms with E-state index in [2.05, 4.69) is 4.74 Å². The molecule has 0 aliphatic rings. The number of methoxy groups -OCH3 is 1. The number of hydrogen-bond donors (Lipinski definition) is 0. The lowest BCUT2D eigenvalue weighted by molar-refractivity contribution is 0.0594. The summed E-state index contributed by atoms with van der Waals surface area (Å²) >= 11 is 1.81. The van der Waals surface area contributed by atoms with Crippen molar-refractivity contribution in [2.75, 3.05) is 7.11 Å². The summed E-state index contributed by atoms with van der Waals surface area (Å²) in [4.78, 5) is 11.1. The third-order valence-corrected chi connectivity index (χ3v) is 2.50. The summed E-state index contributed by atoms with van der Waals surface area (Å²) in [7, 11) is 1.16. The van der Waals surface area contributed by atoms with Gasteiger partial charge in [0.15, 0.2) is 5.82 Å². The molecular weight excluding hydrogens is 300 g/mol. The van der Waals surface area contributed by atoms with E-state index in [0.717, 1.165) is 7.11 Å². The second-order valence-electron chi connectivity index (χ2n) is 2.39. The summed E-state index contributed by atoms with van der Waals surface area (Å²) in [5, 5.41) is 8.54. The number of esters is 1. The highest BCUT2D eigenvalue weighted by Gasteiger charge is 2.19. The highest BCUT2D eigenvalue weighted by atomic mass is 127. The fraction of sp³-hybridized carbons (Fsp3) is 0.111. The quantitative estimate of drug-likeness (QED) is 0.590. The number of nitrogens with zero attached hydrogens (tertiary/aromatic N) is 1. The number of hydrogen-bond acceptors (Lipinski definition) is 3. The van der Waals surface area contributed by atoms with E-state index in [0.29, 0.717) is 3.57 Å². The topological polar surface area (TPSA) is 50.1 Å². The Hall–Kier alpha value is -1.16. The molecule has 0 bridgehead atoms. The predicted molar refractivity (Wildman–Crippen MR) is 55.2 cm³/mol. The van der Waals surface area contributed by atoms with Crippen molar-refractivity contribution in [3.8, 4) is 6.07 Å². The molecule has 0 saturated heterocycles. The maximum atomic E-state index is 13.4. The van der Waals surface area contributed by atoms with Crippen LogP contribution in [0.15, 0.2) is 12.1 Å². The molecule has 5 heteroatoms. The van der Waals surface area contributed by atoms with Crippen molar-refractivity contribution in [1.29, 1.82) is 5.26 Å². The van der Waals surface area contributed by atoms with Gasteiger partial charge in [-0.05, 0) is 34.7 Å². The second kappa shape index (κ2) is 4.37. The van der Waals surface area contributed by atoms with Gasteiger partial charge in [-0.1, -0.05) is 0 Å². The smallest absolute Gasteiger partial charge is 0.341 e. The van der Waals surface area contributed by atoms with Crippen LogP contribution in [0.2, 0.25) is 0 Å². The molecule has 1 aromatic rings. The maximum Gasteiger partial charge on any atom is 0.341 e. The zero-order valence-electron chi connectivity index (χ0n) is 7.17. The van der Waals surface area contributed by atoms with Crippen LogP contribution in [-0.2, 0) is 4.74 Å². The molecule has 0 aromatic heterocycles. The van der Waals surface area contributed by atoms with Crippen LogP contribution in [0, 0.1) is 20.7 Å². The number of carbonyl (C=O) groups excluding carboxylic acids is 1. The predicted octanol–water partition coefficient (Wildman–Crippen LogP) is 2.09. The van der Waals surface area contributed by atoms with Gasteiger partial charge in [-0.3, -0.25) is 0 Å². The van der Waals surface area contributed by atoms with Crippen LogP contribution in [0.25, 0.3) is 0 Å². The summed E-state index contributed by atoms with van der Waals surface area (Å²) in [6.07, 6.45) is 0. The van der Waals surface area contributed by atoms with Crippen LogP contribution in [-0.4, -0.2) is 13.1 Å². The maximum absolute atomic E-state index is 13.4. The lowest BCUT2D eigenvalue weighted by atomic mass is 10.1. The number of ether oxygens (including phenoxy) is 1. The molecule has 0 saturated carbocycles. The van der Waals surface area contributed by atoms with Crippen molar-refractivity contribution in [1.82, 2.24) is 0 Å². The monoisotopic (exact) mass is 305 g/mol. The minimum absolute atomic E-state index is 0.161. The van der Waals surface area contributed by atoms with Gasteiger partial charge < -0.3 is 4.74 Å². The Labute approximate surface area is 93.6 Å². The fourth-order valence-electron chi connectivity index (χ4n) is 0.928. The van der Waals surface area contributed by atoms with E-state index >= 15 is 0 Å². The van der Waals surface area contributed by atoms with E-state index in [9.17, 15) is 9.18 Å². The van der Waals surface area contributed by atoms with Gasteiger partial charge in [0.25, 0.3) is 0 Å². The molecule has 0 N–H and O–H groups in total. The van der Waals surface area contributed by atoms with E-state index in [4.69, 9.17) is 5.26 Å². The number of nitriles is 1. The fourth-order valence-corrected chi connectivity index (χ4v) is 1.56. The molecule has 1 rings (SSSR count). The first-order valence-electron chi connectivity index (χ1n) is 3.58. The number of benzene rings is 1. The summed E-state index contributed by atoms with van der Waals surface area (Å²) < 4.78 is 18.3. The van der Waals surface area contributed by atoms with Gasteiger partial charge in [0.05, 0.1) is 12.7 Å². The molecule has 0 atom stereocenters. The minimum Gasteiger partial charge on any atom is -0.465 e. The normalized spacial score (nSPS) is 9.29.